The molecule has 0 aliphatic carbocycles. The van der Waals surface area contributed by atoms with Gasteiger partial charge in [0.2, 0.25) is 0 Å². The average Bonchev–Trinajstić information content (AvgIpc) is 2.66. The maximum Gasteiger partial charge on any atom is 0.166 e. The Bertz CT molecular complexity index is 658. The van der Waals surface area contributed by atoms with Gasteiger partial charge in [-0.05, 0) is 56.4 Å². The van der Waals surface area contributed by atoms with Gasteiger partial charge in [-0.2, -0.15) is 0 Å². The number of ether oxygens (including phenoxy) is 1. The molecule has 0 aromatic heterocycles. The Morgan fingerprint density at radius 3 is 2.33 bits per heavy atom. The summed E-state index contributed by atoms with van der Waals surface area (Å²) >= 11 is 0. The molecule has 5 heteroatoms. The van der Waals surface area contributed by atoms with Crippen molar-refractivity contribution in [1.29, 1.82) is 0 Å². The highest BCUT2D eigenvalue weighted by Crippen LogP contribution is 2.42. The molecule has 2 fully saturated rings. The highest BCUT2D eigenvalue weighted by Gasteiger charge is 2.48. The summed E-state index contributed by atoms with van der Waals surface area (Å²) in [6.07, 6.45) is 2.42. The number of carbonyl (C=O) groups is 1. The first-order valence-electron chi connectivity index (χ1n) is 7.35. The number of methoxy groups -OCH3 is 1. The second-order valence-electron chi connectivity index (χ2n) is 6.13. The summed E-state index contributed by atoms with van der Waals surface area (Å²) in [6, 6.07) is 5.42. The molecule has 21 heavy (non-hydrogen) atoms. The van der Waals surface area contributed by atoms with Crippen molar-refractivity contribution in [2.75, 3.05) is 7.11 Å². The van der Waals surface area contributed by atoms with Gasteiger partial charge in [-0.3, -0.25) is 4.79 Å². The van der Waals surface area contributed by atoms with Crippen LogP contribution in [0, 0.1) is 12.8 Å². The van der Waals surface area contributed by atoms with Crippen molar-refractivity contribution in [1.82, 2.24) is 0 Å². The maximum atomic E-state index is 12.6. The first kappa shape index (κ1) is 14.6. The van der Waals surface area contributed by atoms with Crippen molar-refractivity contribution in [2.45, 2.75) is 43.1 Å². The fraction of sp³-hybridized carbons (Fsp3) is 0.562. The van der Waals surface area contributed by atoms with Crippen LogP contribution >= 0.6 is 0 Å². The highest BCUT2D eigenvalue weighted by molar-refractivity contribution is 7.93. The van der Waals surface area contributed by atoms with Gasteiger partial charge in [0.25, 0.3) is 0 Å². The molecule has 2 heterocycles. The molecule has 1 aromatic rings. The number of hydrogen-bond donors (Lipinski definition) is 0. The minimum atomic E-state index is -2.97. The standard InChI is InChI=1S/C16H20O4S/c1-10-7-11(3-6-15(10)20-2)16(17)12-8-13-4-5-14(9-12)21(13,18)19/h3,6-7,12-14H,4-5,8-9H2,1-2H3. The zero-order valence-corrected chi connectivity index (χ0v) is 13.2. The molecule has 114 valence electrons. The van der Waals surface area contributed by atoms with Crippen LogP contribution < -0.4 is 4.74 Å². The molecule has 2 bridgehead atoms. The van der Waals surface area contributed by atoms with E-state index in [9.17, 15) is 13.2 Å². The van der Waals surface area contributed by atoms with E-state index in [0.29, 0.717) is 18.4 Å². The molecular weight excluding hydrogens is 288 g/mol. The van der Waals surface area contributed by atoms with Crippen molar-refractivity contribution < 1.29 is 17.9 Å². The normalized spacial score (nSPS) is 30.1. The summed E-state index contributed by atoms with van der Waals surface area (Å²) in [5.41, 5.74) is 1.59. The fourth-order valence-electron chi connectivity index (χ4n) is 3.69. The third-order valence-corrected chi connectivity index (χ3v) is 7.60. The molecule has 2 saturated heterocycles. The predicted octanol–water partition coefficient (Wildman–Crippen LogP) is 2.54. The number of rotatable bonds is 3. The first-order valence-corrected chi connectivity index (χ1v) is 8.96. The van der Waals surface area contributed by atoms with Gasteiger partial charge < -0.3 is 4.74 Å². The number of benzene rings is 1. The summed E-state index contributed by atoms with van der Waals surface area (Å²) < 4.78 is 29.4. The van der Waals surface area contributed by atoms with Gasteiger partial charge in [-0.1, -0.05) is 0 Å². The van der Waals surface area contributed by atoms with E-state index in [2.05, 4.69) is 0 Å². The van der Waals surface area contributed by atoms with E-state index in [1.807, 2.05) is 13.0 Å². The number of sulfone groups is 1. The molecule has 1 aromatic carbocycles. The lowest BCUT2D eigenvalue weighted by Crippen LogP contribution is -2.36. The van der Waals surface area contributed by atoms with Crippen molar-refractivity contribution in [3.05, 3.63) is 29.3 Å². The van der Waals surface area contributed by atoms with E-state index in [1.54, 1.807) is 19.2 Å². The smallest absolute Gasteiger partial charge is 0.166 e. The maximum absolute atomic E-state index is 12.6. The number of hydrogen-bond acceptors (Lipinski definition) is 4. The van der Waals surface area contributed by atoms with Gasteiger partial charge in [0.05, 0.1) is 17.6 Å². The van der Waals surface area contributed by atoms with E-state index in [4.69, 9.17) is 4.74 Å². The van der Waals surface area contributed by atoms with E-state index < -0.39 is 9.84 Å². The fourth-order valence-corrected chi connectivity index (χ4v) is 6.16. The Morgan fingerprint density at radius 2 is 1.81 bits per heavy atom. The van der Waals surface area contributed by atoms with Crippen LogP contribution in [0.4, 0.5) is 0 Å². The van der Waals surface area contributed by atoms with Crippen molar-refractivity contribution in [3.63, 3.8) is 0 Å². The molecule has 0 N–H and O–H groups in total. The number of Topliss-reactive ketones (excluding diaryl/α,β-unsaturated/α-hetero) is 1. The monoisotopic (exact) mass is 308 g/mol. The zero-order valence-electron chi connectivity index (χ0n) is 12.3. The second kappa shape index (κ2) is 5.13. The van der Waals surface area contributed by atoms with E-state index in [0.717, 1.165) is 24.2 Å². The quantitative estimate of drug-likeness (QED) is 0.805. The van der Waals surface area contributed by atoms with Gasteiger partial charge >= 0.3 is 0 Å². The second-order valence-corrected chi connectivity index (χ2v) is 8.64. The zero-order chi connectivity index (χ0) is 15.2. The van der Waals surface area contributed by atoms with Crippen LogP contribution in [0.25, 0.3) is 0 Å². The average molecular weight is 308 g/mol. The predicted molar refractivity (Wildman–Crippen MR) is 80.5 cm³/mol. The van der Waals surface area contributed by atoms with Crippen LogP contribution in [0.5, 0.6) is 5.75 Å². The van der Waals surface area contributed by atoms with Crippen LogP contribution in [-0.2, 0) is 9.84 Å². The van der Waals surface area contributed by atoms with Gasteiger partial charge in [0.1, 0.15) is 5.75 Å². The Hall–Kier alpha value is -1.36. The minimum Gasteiger partial charge on any atom is -0.496 e. The number of aryl methyl sites for hydroxylation is 1. The van der Waals surface area contributed by atoms with Crippen molar-refractivity contribution in [3.8, 4) is 5.75 Å². The first-order chi connectivity index (χ1) is 9.93. The molecule has 4 nitrogen and oxygen atoms in total. The van der Waals surface area contributed by atoms with Gasteiger partial charge in [-0.25, -0.2) is 8.42 Å². The Kier molecular flexibility index (Phi) is 3.56. The third kappa shape index (κ3) is 2.37. The molecule has 2 aliphatic rings. The molecule has 0 radical (unpaired) electrons. The summed E-state index contributed by atoms with van der Waals surface area (Å²) in [6.45, 7) is 1.91. The molecule has 0 amide bonds. The van der Waals surface area contributed by atoms with E-state index in [1.165, 1.54) is 0 Å². The molecule has 2 atom stereocenters. The highest BCUT2D eigenvalue weighted by atomic mass is 32.2. The van der Waals surface area contributed by atoms with E-state index in [-0.39, 0.29) is 22.2 Å². The molecule has 0 saturated carbocycles. The topological polar surface area (TPSA) is 60.4 Å². The summed E-state index contributed by atoms with van der Waals surface area (Å²) in [5.74, 6) is 0.684. The molecule has 3 rings (SSSR count). The Balaban J connectivity index is 1.83. The lowest BCUT2D eigenvalue weighted by molar-refractivity contribution is 0.0905. The van der Waals surface area contributed by atoms with Crippen LogP contribution in [0.1, 0.15) is 41.6 Å². The Labute approximate surface area is 125 Å². The molecule has 2 unspecified atom stereocenters. The largest absolute Gasteiger partial charge is 0.496 e. The summed E-state index contributed by atoms with van der Waals surface area (Å²) in [7, 11) is -1.36. The molecular formula is C16H20O4S. The van der Waals surface area contributed by atoms with Gasteiger partial charge in [0, 0.05) is 11.5 Å². The summed E-state index contributed by atoms with van der Waals surface area (Å²) in [4.78, 5) is 12.6. The Morgan fingerprint density at radius 1 is 1.19 bits per heavy atom. The SMILES string of the molecule is COc1ccc(C(=O)C2CC3CCC(C2)S3(=O)=O)cc1C. The van der Waals surface area contributed by atoms with Gasteiger partial charge in [-0.15, -0.1) is 0 Å². The minimum absolute atomic E-state index is 0.0764. The van der Waals surface area contributed by atoms with Gasteiger partial charge in [0.15, 0.2) is 15.6 Å². The van der Waals surface area contributed by atoms with E-state index >= 15 is 0 Å². The lowest BCUT2D eigenvalue weighted by atomic mass is 9.90. The van der Waals surface area contributed by atoms with Crippen LogP contribution in [-0.4, -0.2) is 31.8 Å². The summed E-state index contributed by atoms with van der Waals surface area (Å²) in [5, 5.41) is -0.603. The lowest BCUT2D eigenvalue weighted by Gasteiger charge is -2.27. The number of ketones is 1. The van der Waals surface area contributed by atoms with Crippen LogP contribution in [0.3, 0.4) is 0 Å². The molecule has 2 aliphatic heterocycles. The number of carbonyl (C=O) groups excluding carboxylic acids is 1. The molecule has 0 spiro atoms. The third-order valence-electron chi connectivity index (χ3n) is 4.88. The van der Waals surface area contributed by atoms with Crippen molar-refractivity contribution in [2.24, 2.45) is 5.92 Å². The van der Waals surface area contributed by atoms with Crippen LogP contribution in [0.15, 0.2) is 18.2 Å². The van der Waals surface area contributed by atoms with Crippen LogP contribution in [0.2, 0.25) is 0 Å². The van der Waals surface area contributed by atoms with Crippen molar-refractivity contribution >= 4 is 15.6 Å². The number of fused-ring (bicyclic) bond motifs is 2.